The molecule has 1 saturated heterocycles. The van der Waals surface area contributed by atoms with Crippen LogP contribution in [0, 0.1) is 12.8 Å². The van der Waals surface area contributed by atoms with Gasteiger partial charge in [-0.15, -0.1) is 0 Å². The fourth-order valence-electron chi connectivity index (χ4n) is 3.81. The van der Waals surface area contributed by atoms with Crippen molar-refractivity contribution < 1.29 is 13.9 Å². The lowest BCUT2D eigenvalue weighted by molar-refractivity contribution is -0.126. The molecule has 0 radical (unpaired) electrons. The summed E-state index contributed by atoms with van der Waals surface area (Å²) in [5.41, 5.74) is 2.39. The summed E-state index contributed by atoms with van der Waals surface area (Å²) in [6.07, 6.45) is 2.75. The van der Waals surface area contributed by atoms with Gasteiger partial charge in [-0.3, -0.25) is 9.69 Å². The zero-order chi connectivity index (χ0) is 20.8. The van der Waals surface area contributed by atoms with Gasteiger partial charge in [0.25, 0.3) is 0 Å². The first-order valence-electron chi connectivity index (χ1n) is 10.6. The highest BCUT2D eigenvalue weighted by Gasteiger charge is 2.25. The van der Waals surface area contributed by atoms with Gasteiger partial charge in [0.2, 0.25) is 5.91 Å². The Hall–Kier alpha value is -2.18. The van der Waals surface area contributed by atoms with Crippen molar-refractivity contribution in [2.24, 2.45) is 5.92 Å². The van der Waals surface area contributed by atoms with Crippen LogP contribution in [0.5, 0.6) is 0 Å². The maximum atomic E-state index is 12.4. The minimum absolute atomic E-state index is 0.0671. The topological polar surface area (TPSA) is 71.8 Å². The fourth-order valence-corrected chi connectivity index (χ4v) is 3.81. The van der Waals surface area contributed by atoms with Crippen molar-refractivity contribution in [3.05, 3.63) is 45.8 Å². The molecule has 1 aromatic carbocycles. The molecule has 3 rings (SSSR count). The number of aryl methyl sites for hydroxylation is 1. The Morgan fingerprint density at radius 2 is 2.03 bits per heavy atom. The largest absolute Gasteiger partial charge is 0.423 e. The smallest absolute Gasteiger partial charge is 0.336 e. The molecule has 0 spiro atoms. The second kappa shape index (κ2) is 10.0. The molecule has 2 aromatic rings. The summed E-state index contributed by atoms with van der Waals surface area (Å²) in [4.78, 5) is 26.6. The van der Waals surface area contributed by atoms with Crippen LogP contribution in [0.25, 0.3) is 11.0 Å². The summed E-state index contributed by atoms with van der Waals surface area (Å²) in [7, 11) is 0. The van der Waals surface area contributed by atoms with Gasteiger partial charge in [-0.1, -0.05) is 12.1 Å². The van der Waals surface area contributed by atoms with Crippen LogP contribution >= 0.6 is 0 Å². The molecule has 1 aliphatic heterocycles. The summed E-state index contributed by atoms with van der Waals surface area (Å²) in [5.74, 6) is 0.216. The van der Waals surface area contributed by atoms with Crippen LogP contribution in [0.1, 0.15) is 44.2 Å². The summed E-state index contributed by atoms with van der Waals surface area (Å²) in [5, 5.41) is 4.02. The number of benzene rings is 1. The number of rotatable bonds is 8. The van der Waals surface area contributed by atoms with E-state index in [0.29, 0.717) is 25.3 Å². The van der Waals surface area contributed by atoms with Gasteiger partial charge in [0.15, 0.2) is 0 Å². The zero-order valence-corrected chi connectivity index (χ0v) is 17.7. The predicted octanol–water partition coefficient (Wildman–Crippen LogP) is 3.24. The van der Waals surface area contributed by atoms with Crippen molar-refractivity contribution >= 4 is 16.9 Å². The monoisotopic (exact) mass is 400 g/mol. The molecule has 0 aliphatic carbocycles. The molecule has 0 saturated carbocycles. The predicted molar refractivity (Wildman–Crippen MR) is 114 cm³/mol. The first-order chi connectivity index (χ1) is 13.9. The fraction of sp³-hybridized carbons (Fsp3) is 0.565. The minimum Gasteiger partial charge on any atom is -0.423 e. The van der Waals surface area contributed by atoms with E-state index in [0.717, 1.165) is 48.9 Å². The number of nitrogens with one attached hydrogen (secondary N) is 1. The Morgan fingerprint density at radius 1 is 1.28 bits per heavy atom. The molecule has 6 nitrogen and oxygen atoms in total. The van der Waals surface area contributed by atoms with E-state index >= 15 is 0 Å². The number of carbonyl (C=O) groups is 1. The molecular formula is C23H32N2O4. The molecule has 0 unspecified atom stereocenters. The number of likely N-dealkylation sites (tertiary alicyclic amines) is 1. The van der Waals surface area contributed by atoms with E-state index in [-0.39, 0.29) is 23.6 Å². The van der Waals surface area contributed by atoms with Gasteiger partial charge in [-0.25, -0.2) is 4.79 Å². The van der Waals surface area contributed by atoms with Gasteiger partial charge in [-0.05, 0) is 70.3 Å². The molecule has 0 atom stereocenters. The summed E-state index contributed by atoms with van der Waals surface area (Å²) in [6.45, 7) is 9.75. The number of fused-ring (bicyclic) bond motifs is 1. The van der Waals surface area contributed by atoms with Crippen molar-refractivity contribution in [2.45, 2.75) is 52.7 Å². The number of amides is 1. The van der Waals surface area contributed by atoms with E-state index in [1.807, 2.05) is 39.0 Å². The van der Waals surface area contributed by atoms with Crippen molar-refractivity contribution in [1.29, 1.82) is 0 Å². The molecule has 0 bridgehead atoms. The lowest BCUT2D eigenvalue weighted by atomic mass is 9.95. The van der Waals surface area contributed by atoms with E-state index in [1.54, 1.807) is 6.07 Å². The summed E-state index contributed by atoms with van der Waals surface area (Å²) < 4.78 is 10.9. The highest BCUT2D eigenvalue weighted by molar-refractivity contribution is 5.81. The highest BCUT2D eigenvalue weighted by atomic mass is 16.5. The number of nitrogens with zero attached hydrogens (tertiary/aromatic N) is 1. The molecular weight excluding hydrogens is 368 g/mol. The van der Waals surface area contributed by atoms with Crippen LogP contribution in [0.3, 0.4) is 0 Å². The summed E-state index contributed by atoms with van der Waals surface area (Å²) >= 11 is 0. The second-order valence-corrected chi connectivity index (χ2v) is 8.20. The standard InChI is InChI=1S/C23H32N2O4/c1-16(2)28-12-4-9-24-23(27)18-7-10-25(11-8-18)15-19-14-22(26)29-21-13-17(3)5-6-20(19)21/h5-6,13-14,16,18H,4,7-12,15H2,1-3H3,(H,24,27). The lowest BCUT2D eigenvalue weighted by Gasteiger charge is -2.31. The first kappa shape index (κ1) is 21.5. The van der Waals surface area contributed by atoms with Gasteiger partial charge in [0.05, 0.1) is 6.10 Å². The molecule has 1 amide bonds. The van der Waals surface area contributed by atoms with E-state index in [9.17, 15) is 9.59 Å². The average molecular weight is 401 g/mol. The minimum atomic E-state index is -0.311. The maximum Gasteiger partial charge on any atom is 0.336 e. The van der Waals surface area contributed by atoms with Gasteiger partial charge in [-0.2, -0.15) is 0 Å². The molecule has 2 heterocycles. The molecule has 158 valence electrons. The summed E-state index contributed by atoms with van der Waals surface area (Å²) in [6, 6.07) is 7.56. The molecule has 1 aliphatic rings. The van der Waals surface area contributed by atoms with Crippen LogP contribution in [0.2, 0.25) is 0 Å². The Kier molecular flexibility index (Phi) is 7.45. The Morgan fingerprint density at radius 3 is 2.76 bits per heavy atom. The van der Waals surface area contributed by atoms with Crippen molar-refractivity contribution in [2.75, 3.05) is 26.2 Å². The average Bonchev–Trinajstić information content (AvgIpc) is 2.67. The molecule has 6 heteroatoms. The molecule has 1 N–H and O–H groups in total. The Labute approximate surface area is 172 Å². The van der Waals surface area contributed by atoms with Gasteiger partial charge < -0.3 is 14.5 Å². The van der Waals surface area contributed by atoms with Crippen molar-refractivity contribution in [3.63, 3.8) is 0 Å². The molecule has 29 heavy (non-hydrogen) atoms. The highest BCUT2D eigenvalue weighted by Crippen LogP contribution is 2.23. The van der Waals surface area contributed by atoms with Crippen LogP contribution in [-0.4, -0.2) is 43.2 Å². The van der Waals surface area contributed by atoms with E-state index in [4.69, 9.17) is 9.15 Å². The maximum absolute atomic E-state index is 12.4. The number of hydrogen-bond donors (Lipinski definition) is 1. The quantitative estimate of drug-likeness (QED) is 0.544. The van der Waals surface area contributed by atoms with Crippen LogP contribution in [0.4, 0.5) is 0 Å². The third-order valence-corrected chi connectivity index (χ3v) is 5.41. The first-order valence-corrected chi connectivity index (χ1v) is 10.6. The SMILES string of the molecule is Cc1ccc2c(CN3CCC(C(=O)NCCCOC(C)C)CC3)cc(=O)oc2c1. The van der Waals surface area contributed by atoms with Gasteiger partial charge >= 0.3 is 5.63 Å². The number of carbonyl (C=O) groups excluding carboxylic acids is 1. The van der Waals surface area contributed by atoms with Crippen LogP contribution < -0.4 is 10.9 Å². The van der Waals surface area contributed by atoms with Crippen LogP contribution in [0.15, 0.2) is 33.5 Å². The van der Waals surface area contributed by atoms with Crippen LogP contribution in [-0.2, 0) is 16.1 Å². The Bertz CT molecular complexity index is 882. The number of hydrogen-bond acceptors (Lipinski definition) is 5. The zero-order valence-electron chi connectivity index (χ0n) is 17.7. The van der Waals surface area contributed by atoms with Gasteiger partial charge in [0, 0.05) is 37.1 Å². The third kappa shape index (κ3) is 6.15. The number of piperidine rings is 1. The van der Waals surface area contributed by atoms with E-state index in [1.165, 1.54) is 0 Å². The van der Waals surface area contributed by atoms with E-state index < -0.39 is 0 Å². The third-order valence-electron chi connectivity index (χ3n) is 5.41. The Balaban J connectivity index is 1.50. The van der Waals surface area contributed by atoms with E-state index in [2.05, 4.69) is 10.2 Å². The van der Waals surface area contributed by atoms with Crippen molar-refractivity contribution in [3.8, 4) is 0 Å². The normalized spacial score (nSPS) is 15.9. The lowest BCUT2D eigenvalue weighted by Crippen LogP contribution is -2.40. The second-order valence-electron chi connectivity index (χ2n) is 8.20. The van der Waals surface area contributed by atoms with Crippen molar-refractivity contribution in [1.82, 2.24) is 10.2 Å². The van der Waals surface area contributed by atoms with Gasteiger partial charge in [0.1, 0.15) is 5.58 Å². The number of ether oxygens (including phenoxy) is 1. The molecule has 1 aromatic heterocycles. The molecule has 1 fully saturated rings.